The van der Waals surface area contributed by atoms with Crippen LogP contribution in [0.4, 0.5) is 110 Å². The van der Waals surface area contributed by atoms with Crippen molar-refractivity contribution in [2.75, 3.05) is 0 Å². The maximum atomic E-state index is 14.2. The van der Waals surface area contributed by atoms with Gasteiger partial charge in [-0.3, -0.25) is 0 Å². The number of hydrogen-bond acceptors (Lipinski definition) is 1. The van der Waals surface area contributed by atoms with E-state index in [2.05, 4.69) is 22.8 Å². The summed E-state index contributed by atoms with van der Waals surface area (Å²) in [6, 6.07) is 19.8. The minimum absolute atomic E-state index is 0.222. The monoisotopic (exact) mass is 1190 g/mol. The fourth-order valence-corrected chi connectivity index (χ4v) is 8.97. The highest BCUT2D eigenvalue weighted by molar-refractivity contribution is 7.20. The van der Waals surface area contributed by atoms with Crippen LogP contribution in [0.25, 0.3) is 10.9 Å². The number of halogens is 25. The number of alkyl halides is 24. The molecule has 0 radical (unpaired) electrons. The van der Waals surface area contributed by atoms with Crippen molar-refractivity contribution in [3.05, 3.63) is 220 Å². The quantitative estimate of drug-likeness (QED) is 0.0840. The molecule has 0 unspecified atom stereocenters. The number of para-hydroxylation sites is 2. The van der Waals surface area contributed by atoms with Gasteiger partial charge in [0.25, 0.3) is 0 Å². The van der Waals surface area contributed by atoms with Crippen LogP contribution in [0.3, 0.4) is 0 Å². The van der Waals surface area contributed by atoms with Gasteiger partial charge in [-0.05, 0) is 48.5 Å². The topological polar surface area (TPSA) is 13.1 Å². The highest BCUT2D eigenvalue weighted by atomic mass is 19.4. The Morgan fingerprint density at radius 3 is 0.927 bits per heavy atom. The van der Waals surface area contributed by atoms with E-state index in [0.717, 1.165) is 16.5 Å². The molecule has 0 fully saturated rings. The molecule has 0 N–H and O–H groups in total. The average molecular weight is 1190 g/mol. The Morgan fingerprint density at radius 2 is 0.610 bits per heavy atom. The zero-order valence-corrected chi connectivity index (χ0v) is 40.2. The smallest absolute Gasteiger partial charge is 0.402 e. The molecule has 0 amide bonds. The fourth-order valence-electron chi connectivity index (χ4n) is 8.97. The summed E-state index contributed by atoms with van der Waals surface area (Å²) >= 11 is 0. The van der Waals surface area contributed by atoms with Gasteiger partial charge in [0.05, 0.1) is 50.6 Å². The summed E-state index contributed by atoms with van der Waals surface area (Å²) in [5.41, 5.74) is -28.0. The van der Waals surface area contributed by atoms with E-state index in [-0.39, 0.29) is 11.6 Å². The van der Waals surface area contributed by atoms with Gasteiger partial charge in [0, 0.05) is 17.0 Å². The third-order valence-electron chi connectivity index (χ3n) is 12.6. The van der Waals surface area contributed by atoms with Crippen molar-refractivity contribution < 1.29 is 119 Å². The minimum Gasteiger partial charge on any atom is -0.402 e. The lowest BCUT2D eigenvalue weighted by atomic mass is 9.12. The third-order valence-corrected chi connectivity index (χ3v) is 12.6. The first-order valence-corrected chi connectivity index (χ1v) is 22.8. The van der Waals surface area contributed by atoms with E-state index in [1.54, 1.807) is 18.2 Å². The Hall–Kier alpha value is -7.94. The van der Waals surface area contributed by atoms with Gasteiger partial charge in [0.15, 0.2) is 18.1 Å². The van der Waals surface area contributed by atoms with Gasteiger partial charge in [-0.2, -0.15) is 132 Å². The molecule has 7 aromatic carbocycles. The largest absolute Gasteiger partial charge is 0.416 e. The second-order valence-electron chi connectivity index (χ2n) is 18.1. The van der Waals surface area contributed by atoms with E-state index in [1.807, 2.05) is 48.5 Å². The molecule has 434 valence electrons. The Kier molecular flexibility index (Phi) is 16.4. The van der Waals surface area contributed by atoms with Crippen molar-refractivity contribution in [2.24, 2.45) is 0 Å². The van der Waals surface area contributed by atoms with Crippen molar-refractivity contribution in [1.29, 1.82) is 0 Å². The molecule has 0 saturated heterocycles. The molecule has 1 heterocycles. The Morgan fingerprint density at radius 1 is 0.317 bits per heavy atom. The molecule has 82 heavy (non-hydrogen) atoms. The second kappa shape index (κ2) is 21.8. The molecule has 2 nitrogen and oxygen atoms in total. The number of pyridine rings is 1. The van der Waals surface area contributed by atoms with Crippen LogP contribution in [0.5, 0.6) is 11.6 Å². The summed E-state index contributed by atoms with van der Waals surface area (Å²) in [6.45, 7) is 0.645. The highest BCUT2D eigenvalue weighted by Gasteiger charge is 2.47. The molecule has 0 aliphatic carbocycles. The predicted octanol–water partition coefficient (Wildman–Crippen LogP) is 16.3. The van der Waals surface area contributed by atoms with E-state index in [9.17, 15) is 110 Å². The van der Waals surface area contributed by atoms with Crippen LogP contribution >= 0.6 is 0 Å². The van der Waals surface area contributed by atoms with E-state index >= 15 is 0 Å². The highest BCUT2D eigenvalue weighted by Crippen LogP contribution is 2.42. The van der Waals surface area contributed by atoms with Gasteiger partial charge in [-0.1, -0.05) is 103 Å². The number of rotatable bonds is 8. The van der Waals surface area contributed by atoms with Crippen LogP contribution in [-0.2, 0) is 56.0 Å². The Bertz CT molecular complexity index is 3170. The molecule has 0 bridgehead atoms. The SMILES string of the molecule is FC(F)(F)c1cc([B-](c2cc(C(F)(F)F)cc(C(F)(F)F)c2)(c2cc(C(F)(F)F)cc(C(F)(F)F)c2)c2cc(C(F)(F)F)cc(C(F)(F)F)c2)cc(C(F)(F)F)c1.Fc1ccccc1Oc1ccc2ccccc2[n+]1Cc1ccccc1. The number of fused-ring (bicyclic) bond motifs is 1. The van der Waals surface area contributed by atoms with Crippen LogP contribution in [0.15, 0.2) is 164 Å². The van der Waals surface area contributed by atoms with Gasteiger partial charge in [0.1, 0.15) is 6.15 Å². The summed E-state index contributed by atoms with van der Waals surface area (Å²) in [5, 5.41) is 1.11. The molecule has 1 aromatic heterocycles. The first-order chi connectivity index (χ1) is 37.6. The molecule has 0 spiro atoms. The molecular formula is C54H29BF25NO. The van der Waals surface area contributed by atoms with Crippen LogP contribution < -0.4 is 31.2 Å². The molecule has 0 saturated carbocycles. The van der Waals surface area contributed by atoms with E-state index in [0.29, 0.717) is 12.4 Å². The normalized spacial score (nSPS) is 13.2. The van der Waals surface area contributed by atoms with Crippen LogP contribution in [0.2, 0.25) is 0 Å². The number of nitrogens with zero attached hydrogens (tertiary/aromatic N) is 1. The van der Waals surface area contributed by atoms with Crippen LogP contribution in [-0.4, -0.2) is 6.15 Å². The number of ether oxygens (including phenoxy) is 1. The molecule has 28 heteroatoms. The number of benzene rings is 7. The van der Waals surface area contributed by atoms with E-state index in [4.69, 9.17) is 4.74 Å². The van der Waals surface area contributed by atoms with E-state index in [1.165, 1.54) is 6.07 Å². The fraction of sp³-hybridized carbons (Fsp3) is 0.167. The molecular weight excluding hydrogens is 1160 g/mol. The van der Waals surface area contributed by atoms with Crippen molar-refractivity contribution in [3.63, 3.8) is 0 Å². The summed E-state index contributed by atoms with van der Waals surface area (Å²) in [5.74, 6) is 0.453. The lowest BCUT2D eigenvalue weighted by Crippen LogP contribution is -2.75. The Balaban J connectivity index is 0.000000318. The summed E-state index contributed by atoms with van der Waals surface area (Å²) in [4.78, 5) is 0. The number of aromatic nitrogens is 1. The summed E-state index contributed by atoms with van der Waals surface area (Å²) in [6.07, 6.45) is -54.8. The molecule has 8 aromatic rings. The van der Waals surface area contributed by atoms with Crippen molar-refractivity contribution >= 4 is 38.9 Å². The standard InChI is InChI=1S/C32H12BF24.C22H17FNO/c34-25(35,36)13-1-14(26(37,38)39)6-21(5-13)33(22-7-15(27(40,41)42)2-16(8-22)28(43,44)45,23-9-17(29(46,47)48)3-18(10-23)30(49,50)51)24-11-19(31(52,53)54)4-20(12-24)32(55,56)57;23-19-11-5-7-13-21(19)25-22-15-14-18-10-4-6-12-20(18)24(22)16-17-8-2-1-3-9-17/h1-12H;1-15H,16H2/q-1;+1. The zero-order valence-electron chi connectivity index (χ0n) is 40.2. The van der Waals surface area contributed by atoms with Crippen molar-refractivity contribution in [1.82, 2.24) is 0 Å². The van der Waals surface area contributed by atoms with Gasteiger partial charge in [-0.15, -0.1) is 0 Å². The first kappa shape index (κ1) is 61.7. The van der Waals surface area contributed by atoms with Gasteiger partial charge >= 0.3 is 55.3 Å². The Labute approximate surface area is 444 Å². The maximum absolute atomic E-state index is 14.2. The van der Waals surface area contributed by atoms with Crippen LogP contribution in [0, 0.1) is 5.82 Å². The number of hydrogen-bond donors (Lipinski definition) is 0. The van der Waals surface area contributed by atoms with Gasteiger partial charge in [-0.25, -0.2) is 4.39 Å². The van der Waals surface area contributed by atoms with E-state index < -0.39 is 195 Å². The molecule has 0 atom stereocenters. The maximum Gasteiger partial charge on any atom is 0.416 e. The summed E-state index contributed by atoms with van der Waals surface area (Å²) in [7, 11) is 0. The predicted molar refractivity (Wildman–Crippen MR) is 246 cm³/mol. The second-order valence-corrected chi connectivity index (χ2v) is 18.1. The van der Waals surface area contributed by atoms with Crippen molar-refractivity contribution in [2.45, 2.75) is 56.0 Å². The molecule has 8 rings (SSSR count). The lowest BCUT2D eigenvalue weighted by molar-refractivity contribution is -0.666. The zero-order chi connectivity index (χ0) is 61.0. The first-order valence-electron chi connectivity index (χ1n) is 22.8. The minimum atomic E-state index is -6.13. The average Bonchev–Trinajstić information content (AvgIpc) is 3.07. The van der Waals surface area contributed by atoms with Gasteiger partial charge in [0.2, 0.25) is 5.52 Å². The van der Waals surface area contributed by atoms with Gasteiger partial charge < -0.3 is 4.74 Å². The third kappa shape index (κ3) is 13.7. The van der Waals surface area contributed by atoms with Crippen LogP contribution in [0.1, 0.15) is 50.1 Å². The van der Waals surface area contributed by atoms with Crippen molar-refractivity contribution in [3.8, 4) is 11.6 Å². The summed E-state index contributed by atoms with van der Waals surface area (Å²) < 4.78 is 363. The lowest BCUT2D eigenvalue weighted by Gasteiger charge is -2.46. The molecule has 0 aliphatic rings. The molecule has 0 aliphatic heterocycles.